The van der Waals surface area contributed by atoms with Gasteiger partial charge < -0.3 is 4.90 Å². The first-order chi connectivity index (χ1) is 14.2. The van der Waals surface area contributed by atoms with Crippen LogP contribution in [0.2, 0.25) is 5.28 Å². The Morgan fingerprint density at radius 2 is 1.45 bits per heavy atom. The molecule has 1 saturated heterocycles. The Balaban J connectivity index is 1.90. The van der Waals surface area contributed by atoms with Crippen LogP contribution in [0.15, 0.2) is 33.8 Å². The number of hydrogen-bond acceptors (Lipinski definition) is 5. The van der Waals surface area contributed by atoms with Crippen molar-refractivity contribution in [2.75, 3.05) is 31.1 Å². The molecule has 0 spiro atoms. The van der Waals surface area contributed by atoms with Crippen molar-refractivity contribution in [3.8, 4) is 0 Å². The molecule has 2 heterocycles. The molecular formula is C16H12BrClF6N4O2S. The number of benzene rings is 1. The van der Waals surface area contributed by atoms with Gasteiger partial charge in [0.1, 0.15) is 5.82 Å². The Hall–Kier alpha value is -1.64. The molecule has 31 heavy (non-hydrogen) atoms. The summed E-state index contributed by atoms with van der Waals surface area (Å²) in [5, 5.41) is -0.0445. The molecule has 1 fully saturated rings. The number of piperazine rings is 1. The topological polar surface area (TPSA) is 66.4 Å². The van der Waals surface area contributed by atoms with Crippen LogP contribution in [-0.2, 0) is 22.4 Å². The summed E-state index contributed by atoms with van der Waals surface area (Å²) in [7, 11) is -4.62. The monoisotopic (exact) mass is 552 g/mol. The van der Waals surface area contributed by atoms with Gasteiger partial charge in [0.05, 0.1) is 20.5 Å². The lowest BCUT2D eigenvalue weighted by Gasteiger charge is -2.35. The van der Waals surface area contributed by atoms with Crippen molar-refractivity contribution in [1.82, 2.24) is 14.3 Å². The number of halogens is 8. The summed E-state index contributed by atoms with van der Waals surface area (Å²) in [5.74, 6) is 0.385. The molecule has 0 radical (unpaired) electrons. The number of nitrogens with zero attached hydrogens (tertiary/aromatic N) is 4. The van der Waals surface area contributed by atoms with E-state index in [0.29, 0.717) is 10.3 Å². The smallest absolute Gasteiger partial charge is 0.353 e. The molecule has 2 aromatic rings. The number of rotatable bonds is 3. The van der Waals surface area contributed by atoms with Gasteiger partial charge in [-0.2, -0.15) is 35.6 Å². The summed E-state index contributed by atoms with van der Waals surface area (Å²) in [6.07, 6.45) is -8.90. The number of anilines is 1. The van der Waals surface area contributed by atoms with Crippen molar-refractivity contribution >= 4 is 43.4 Å². The Kier molecular flexibility index (Phi) is 6.48. The minimum absolute atomic E-state index is 0.0445. The molecule has 1 aliphatic heterocycles. The van der Waals surface area contributed by atoms with Gasteiger partial charge in [0.25, 0.3) is 0 Å². The molecule has 0 saturated carbocycles. The SMILES string of the molecule is O=S(=O)(c1cc(C(F)(F)F)cc(C(F)(F)F)c1)N1CCN(c2nc(Cl)ncc2Br)CC1. The second-order valence-electron chi connectivity index (χ2n) is 6.44. The van der Waals surface area contributed by atoms with E-state index in [1.54, 1.807) is 4.90 Å². The molecule has 6 nitrogen and oxygen atoms in total. The molecule has 0 N–H and O–H groups in total. The zero-order valence-corrected chi connectivity index (χ0v) is 18.3. The lowest BCUT2D eigenvalue weighted by atomic mass is 10.1. The summed E-state index contributed by atoms with van der Waals surface area (Å²) < 4.78 is 105. The van der Waals surface area contributed by atoms with Crippen molar-refractivity contribution in [3.05, 3.63) is 45.3 Å². The highest BCUT2D eigenvalue weighted by atomic mass is 79.9. The third-order valence-corrected chi connectivity index (χ3v) is 7.05. The van der Waals surface area contributed by atoms with Gasteiger partial charge in [-0.05, 0) is 45.7 Å². The van der Waals surface area contributed by atoms with Crippen molar-refractivity contribution < 1.29 is 34.8 Å². The van der Waals surface area contributed by atoms with E-state index in [0.717, 1.165) is 4.31 Å². The second-order valence-corrected chi connectivity index (χ2v) is 9.57. The van der Waals surface area contributed by atoms with E-state index in [9.17, 15) is 34.8 Å². The number of sulfonamides is 1. The van der Waals surface area contributed by atoms with E-state index in [2.05, 4.69) is 25.9 Å². The first-order valence-corrected chi connectivity index (χ1v) is 11.0. The fourth-order valence-corrected chi connectivity index (χ4v) is 4.99. The first kappa shape index (κ1) is 24.0. The molecule has 15 heteroatoms. The molecule has 0 atom stereocenters. The van der Waals surface area contributed by atoms with E-state index < -0.39 is 38.4 Å². The summed E-state index contributed by atoms with van der Waals surface area (Å²) in [6.45, 7) is -0.214. The van der Waals surface area contributed by atoms with Gasteiger partial charge in [-0.3, -0.25) is 0 Å². The van der Waals surface area contributed by atoms with Crippen LogP contribution in [0.4, 0.5) is 32.2 Å². The number of aromatic nitrogens is 2. The summed E-state index contributed by atoms with van der Waals surface area (Å²) in [6, 6.07) is 0.294. The summed E-state index contributed by atoms with van der Waals surface area (Å²) in [5.41, 5.74) is -3.39. The average molecular weight is 554 g/mol. The van der Waals surface area contributed by atoms with Gasteiger partial charge in [0, 0.05) is 32.4 Å². The van der Waals surface area contributed by atoms with Gasteiger partial charge in [0.15, 0.2) is 0 Å². The molecule has 0 amide bonds. The lowest BCUT2D eigenvalue weighted by Crippen LogP contribution is -2.49. The maximum Gasteiger partial charge on any atom is 0.416 e. The largest absolute Gasteiger partial charge is 0.416 e. The number of hydrogen-bond donors (Lipinski definition) is 0. The summed E-state index contributed by atoms with van der Waals surface area (Å²) >= 11 is 9.00. The fourth-order valence-electron chi connectivity index (χ4n) is 2.92. The van der Waals surface area contributed by atoms with Crippen LogP contribution in [0.5, 0.6) is 0 Å². The Morgan fingerprint density at radius 1 is 0.935 bits per heavy atom. The Bertz CT molecular complexity index is 1060. The van der Waals surface area contributed by atoms with Gasteiger partial charge in [-0.15, -0.1) is 0 Å². The van der Waals surface area contributed by atoms with E-state index in [-0.39, 0.29) is 49.7 Å². The molecule has 0 aliphatic carbocycles. The highest BCUT2D eigenvalue weighted by Crippen LogP contribution is 2.38. The van der Waals surface area contributed by atoms with Gasteiger partial charge in [0.2, 0.25) is 15.3 Å². The van der Waals surface area contributed by atoms with Crippen LogP contribution in [0, 0.1) is 0 Å². The fraction of sp³-hybridized carbons (Fsp3) is 0.375. The quantitative estimate of drug-likeness (QED) is 0.415. The van der Waals surface area contributed by atoms with Crippen molar-refractivity contribution in [1.29, 1.82) is 0 Å². The van der Waals surface area contributed by atoms with Gasteiger partial charge in [-0.25, -0.2) is 13.4 Å². The first-order valence-electron chi connectivity index (χ1n) is 8.42. The van der Waals surface area contributed by atoms with E-state index >= 15 is 0 Å². The third kappa shape index (κ3) is 5.23. The minimum atomic E-state index is -5.15. The van der Waals surface area contributed by atoms with Crippen LogP contribution in [-0.4, -0.2) is 48.9 Å². The lowest BCUT2D eigenvalue weighted by molar-refractivity contribution is -0.143. The van der Waals surface area contributed by atoms with E-state index in [1.165, 1.54) is 6.20 Å². The molecule has 0 unspecified atom stereocenters. The van der Waals surface area contributed by atoms with Gasteiger partial charge in [-0.1, -0.05) is 0 Å². The highest BCUT2D eigenvalue weighted by Gasteiger charge is 2.39. The van der Waals surface area contributed by atoms with Crippen LogP contribution in [0.1, 0.15) is 11.1 Å². The molecule has 1 aromatic carbocycles. The van der Waals surface area contributed by atoms with Crippen molar-refractivity contribution in [2.24, 2.45) is 0 Å². The molecule has 170 valence electrons. The average Bonchev–Trinajstić information content (AvgIpc) is 2.68. The molecule has 3 rings (SSSR count). The normalized spacial score (nSPS) is 16.6. The number of alkyl halides is 6. The molecular weight excluding hydrogens is 542 g/mol. The molecule has 1 aromatic heterocycles. The Labute approximate surface area is 186 Å². The summed E-state index contributed by atoms with van der Waals surface area (Å²) in [4.78, 5) is 8.40. The minimum Gasteiger partial charge on any atom is -0.353 e. The Morgan fingerprint density at radius 3 is 1.94 bits per heavy atom. The van der Waals surface area contributed by atoms with Crippen LogP contribution in [0.3, 0.4) is 0 Å². The maximum absolute atomic E-state index is 13.1. The zero-order valence-electron chi connectivity index (χ0n) is 15.2. The van der Waals surface area contributed by atoms with Crippen molar-refractivity contribution in [3.63, 3.8) is 0 Å². The molecule has 0 bridgehead atoms. The standard InChI is InChI=1S/C16H12BrClF6N4O2S/c17-12-8-25-14(18)26-13(12)27-1-3-28(4-2-27)31(29,30)11-6-9(15(19,20)21)5-10(7-11)16(22,23)24/h5-8H,1-4H2. The zero-order chi connectivity index (χ0) is 23.2. The highest BCUT2D eigenvalue weighted by molar-refractivity contribution is 9.10. The maximum atomic E-state index is 13.1. The van der Waals surface area contributed by atoms with E-state index in [4.69, 9.17) is 11.6 Å². The molecule has 1 aliphatic rings. The van der Waals surface area contributed by atoms with E-state index in [1.807, 2.05) is 0 Å². The predicted molar refractivity (Wildman–Crippen MR) is 102 cm³/mol. The van der Waals surface area contributed by atoms with Crippen LogP contribution < -0.4 is 4.90 Å². The van der Waals surface area contributed by atoms with Crippen LogP contribution in [0.25, 0.3) is 0 Å². The predicted octanol–water partition coefficient (Wildman–Crippen LogP) is 4.44. The van der Waals surface area contributed by atoms with Crippen LogP contribution >= 0.6 is 27.5 Å². The van der Waals surface area contributed by atoms with Crippen molar-refractivity contribution in [2.45, 2.75) is 17.2 Å². The van der Waals surface area contributed by atoms with Gasteiger partial charge >= 0.3 is 12.4 Å². The third-order valence-electron chi connectivity index (χ3n) is 4.43. The second kappa shape index (κ2) is 8.37.